The minimum atomic E-state index is -3.32. The van der Waals surface area contributed by atoms with Crippen molar-refractivity contribution < 1.29 is 8.42 Å². The first-order valence-corrected chi connectivity index (χ1v) is 10.6. The molecule has 3 N–H and O–H groups in total. The first-order valence-electron chi connectivity index (χ1n) is 8.96. The molecule has 1 aromatic carbocycles. The van der Waals surface area contributed by atoms with Crippen molar-refractivity contribution in [3.8, 4) is 0 Å². The minimum absolute atomic E-state index is 0.00471. The Balaban J connectivity index is 1.53. The average Bonchev–Trinajstić information content (AvgIpc) is 3.04. The van der Waals surface area contributed by atoms with Crippen LogP contribution in [0.25, 0.3) is 11.0 Å². The molecular weight excluding hydrogens is 362 g/mol. The number of nitrogens with one attached hydrogen (secondary N) is 1. The van der Waals surface area contributed by atoms with E-state index in [-0.39, 0.29) is 5.75 Å². The van der Waals surface area contributed by atoms with E-state index in [1.165, 1.54) is 0 Å². The Morgan fingerprint density at radius 3 is 2.63 bits per heavy atom. The number of imidazole rings is 1. The summed E-state index contributed by atoms with van der Waals surface area (Å²) < 4.78 is 29.0. The summed E-state index contributed by atoms with van der Waals surface area (Å²) in [5, 5.41) is 0. The van der Waals surface area contributed by atoms with Crippen LogP contribution in [-0.2, 0) is 22.3 Å². The van der Waals surface area contributed by atoms with E-state index in [2.05, 4.69) is 19.3 Å². The summed E-state index contributed by atoms with van der Waals surface area (Å²) >= 11 is 0. The van der Waals surface area contributed by atoms with Gasteiger partial charge in [0.05, 0.1) is 17.6 Å². The lowest BCUT2D eigenvalue weighted by Crippen LogP contribution is -2.26. The molecule has 0 atom stereocenters. The first-order chi connectivity index (χ1) is 12.9. The molecular formula is C19H25N5O2S. The monoisotopic (exact) mass is 387 g/mol. The van der Waals surface area contributed by atoms with Gasteiger partial charge in [0.25, 0.3) is 0 Å². The summed E-state index contributed by atoms with van der Waals surface area (Å²) in [5.41, 5.74) is 10.4. The Labute approximate surface area is 159 Å². The maximum atomic E-state index is 12.1. The molecule has 7 nitrogen and oxygen atoms in total. The van der Waals surface area contributed by atoms with Crippen molar-refractivity contribution in [3.63, 3.8) is 0 Å². The van der Waals surface area contributed by atoms with E-state index < -0.39 is 10.0 Å². The molecule has 3 aromatic rings. The molecule has 0 unspecified atom stereocenters. The number of pyridine rings is 1. The van der Waals surface area contributed by atoms with Crippen molar-refractivity contribution >= 4 is 26.9 Å². The normalized spacial score (nSPS) is 11.9. The molecule has 0 bridgehead atoms. The number of sulfonamides is 1. The van der Waals surface area contributed by atoms with Gasteiger partial charge in [0.15, 0.2) is 5.82 Å². The molecule has 0 aliphatic carbocycles. The fourth-order valence-corrected chi connectivity index (χ4v) is 4.29. The third kappa shape index (κ3) is 4.64. The van der Waals surface area contributed by atoms with Crippen molar-refractivity contribution in [3.05, 3.63) is 53.5 Å². The smallest absolute Gasteiger partial charge is 0.215 e. The summed E-state index contributed by atoms with van der Waals surface area (Å²) in [6.07, 6.45) is 3.35. The van der Waals surface area contributed by atoms with Crippen LogP contribution in [0, 0.1) is 13.8 Å². The van der Waals surface area contributed by atoms with Crippen LogP contribution in [0.3, 0.4) is 0 Å². The van der Waals surface area contributed by atoms with E-state index >= 15 is 0 Å². The van der Waals surface area contributed by atoms with E-state index in [0.717, 1.165) is 47.2 Å². The van der Waals surface area contributed by atoms with E-state index in [1.807, 2.05) is 44.2 Å². The fourth-order valence-electron chi connectivity index (χ4n) is 3.10. The highest BCUT2D eigenvalue weighted by Crippen LogP contribution is 2.24. The zero-order valence-electron chi connectivity index (χ0n) is 15.6. The van der Waals surface area contributed by atoms with Gasteiger partial charge in [-0.05, 0) is 37.8 Å². The van der Waals surface area contributed by atoms with Gasteiger partial charge in [-0.3, -0.25) is 0 Å². The largest absolute Gasteiger partial charge is 0.382 e. The quantitative estimate of drug-likeness (QED) is 0.578. The average molecular weight is 388 g/mol. The molecule has 3 rings (SSSR count). The second-order valence-electron chi connectivity index (χ2n) is 6.69. The second-order valence-corrected chi connectivity index (χ2v) is 8.50. The molecule has 0 saturated carbocycles. The zero-order valence-corrected chi connectivity index (χ0v) is 16.5. The maximum absolute atomic E-state index is 12.1. The van der Waals surface area contributed by atoms with Crippen molar-refractivity contribution in [2.24, 2.45) is 0 Å². The Morgan fingerprint density at radius 2 is 1.89 bits per heavy atom. The lowest BCUT2D eigenvalue weighted by atomic mass is 10.2. The molecule has 0 amide bonds. The van der Waals surface area contributed by atoms with Crippen LogP contribution in [0.15, 0.2) is 36.7 Å². The van der Waals surface area contributed by atoms with Gasteiger partial charge in [-0.1, -0.05) is 30.3 Å². The number of benzene rings is 1. The van der Waals surface area contributed by atoms with Crippen molar-refractivity contribution in [2.75, 3.05) is 12.3 Å². The lowest BCUT2D eigenvalue weighted by molar-refractivity contribution is 0.567. The van der Waals surface area contributed by atoms with Crippen molar-refractivity contribution in [2.45, 2.75) is 39.0 Å². The summed E-state index contributed by atoms with van der Waals surface area (Å²) in [6, 6.07) is 9.18. The number of hydrogen-bond acceptors (Lipinski definition) is 5. The van der Waals surface area contributed by atoms with Gasteiger partial charge < -0.3 is 10.3 Å². The van der Waals surface area contributed by atoms with Gasteiger partial charge in [0, 0.05) is 18.8 Å². The zero-order chi connectivity index (χ0) is 19.4. The molecule has 0 aliphatic rings. The number of aromatic nitrogens is 3. The number of rotatable bonds is 8. The molecule has 0 saturated heterocycles. The van der Waals surface area contributed by atoms with Gasteiger partial charge in [0.2, 0.25) is 10.0 Å². The number of nitrogen functional groups attached to an aromatic ring is 1. The first kappa shape index (κ1) is 19.3. The van der Waals surface area contributed by atoms with Crippen LogP contribution in [0.4, 0.5) is 5.82 Å². The molecule has 0 aliphatic heterocycles. The highest BCUT2D eigenvalue weighted by atomic mass is 32.2. The number of fused-ring (bicyclic) bond motifs is 1. The van der Waals surface area contributed by atoms with Crippen LogP contribution >= 0.6 is 0 Å². The number of unbranched alkanes of at least 4 members (excludes halogenated alkanes) is 1. The Kier molecular flexibility index (Phi) is 5.76. The molecule has 8 heteroatoms. The molecule has 0 fully saturated rings. The summed E-state index contributed by atoms with van der Waals surface area (Å²) in [7, 11) is -3.32. The topological polar surface area (TPSA) is 103 Å². The van der Waals surface area contributed by atoms with E-state index in [1.54, 1.807) is 6.33 Å². The molecule has 0 spiro atoms. The van der Waals surface area contributed by atoms with E-state index in [0.29, 0.717) is 12.4 Å². The predicted octanol–water partition coefficient (Wildman–Crippen LogP) is 2.53. The highest BCUT2D eigenvalue weighted by molar-refractivity contribution is 7.88. The minimum Gasteiger partial charge on any atom is -0.382 e. The van der Waals surface area contributed by atoms with Crippen LogP contribution in [0.1, 0.15) is 29.7 Å². The Morgan fingerprint density at radius 1 is 1.15 bits per heavy atom. The maximum Gasteiger partial charge on any atom is 0.215 e. The second kappa shape index (κ2) is 8.06. The van der Waals surface area contributed by atoms with E-state index in [9.17, 15) is 8.42 Å². The van der Waals surface area contributed by atoms with Crippen LogP contribution in [-0.4, -0.2) is 29.5 Å². The van der Waals surface area contributed by atoms with Gasteiger partial charge in [0.1, 0.15) is 5.52 Å². The summed E-state index contributed by atoms with van der Waals surface area (Å²) in [6.45, 7) is 5.12. The number of aryl methyl sites for hydroxylation is 3. The van der Waals surface area contributed by atoms with Crippen LogP contribution in [0.2, 0.25) is 0 Å². The number of nitrogens with two attached hydrogens (primary N) is 1. The predicted molar refractivity (Wildman–Crippen MR) is 108 cm³/mol. The van der Waals surface area contributed by atoms with Crippen LogP contribution in [0.5, 0.6) is 0 Å². The van der Waals surface area contributed by atoms with Gasteiger partial charge in [-0.2, -0.15) is 0 Å². The lowest BCUT2D eigenvalue weighted by Gasteiger charge is -2.10. The number of anilines is 1. The fraction of sp³-hybridized carbons (Fsp3) is 0.368. The van der Waals surface area contributed by atoms with Crippen LogP contribution < -0.4 is 10.5 Å². The van der Waals surface area contributed by atoms with Crippen molar-refractivity contribution in [1.29, 1.82) is 0 Å². The molecule has 27 heavy (non-hydrogen) atoms. The molecule has 0 radical (unpaired) electrons. The van der Waals surface area contributed by atoms with Gasteiger partial charge in [-0.15, -0.1) is 0 Å². The summed E-state index contributed by atoms with van der Waals surface area (Å²) in [4.78, 5) is 8.68. The molecule has 144 valence electrons. The van der Waals surface area contributed by atoms with Gasteiger partial charge >= 0.3 is 0 Å². The van der Waals surface area contributed by atoms with Gasteiger partial charge in [-0.25, -0.2) is 23.1 Å². The third-order valence-electron chi connectivity index (χ3n) is 4.61. The van der Waals surface area contributed by atoms with E-state index in [4.69, 9.17) is 5.73 Å². The number of nitrogens with zero attached hydrogens (tertiary/aromatic N) is 3. The molecule has 2 heterocycles. The molecule has 2 aromatic heterocycles. The standard InChI is InChI=1S/C19H25N5O2S/c1-14-15(2)23-19(20)17-18(14)24(13-21-17)11-7-6-10-22-27(25,26)12-16-8-4-3-5-9-16/h3-5,8-9,13,22H,6-7,10-12H2,1-2H3,(H2,20,23). The Hall–Kier alpha value is -2.45. The van der Waals surface area contributed by atoms with Crippen molar-refractivity contribution in [1.82, 2.24) is 19.3 Å². The highest BCUT2D eigenvalue weighted by Gasteiger charge is 2.13. The SMILES string of the molecule is Cc1nc(N)c2ncn(CCCCNS(=O)(=O)Cc3ccccc3)c2c1C. The number of hydrogen-bond donors (Lipinski definition) is 2. The Bertz CT molecular complexity index is 1030. The third-order valence-corrected chi connectivity index (χ3v) is 5.97. The summed E-state index contributed by atoms with van der Waals surface area (Å²) in [5.74, 6) is 0.450.